The second-order valence-corrected chi connectivity index (χ2v) is 26.3. The third-order valence-corrected chi connectivity index (χ3v) is 16.7. The predicted octanol–water partition coefficient (Wildman–Crippen LogP) is 2.97. The van der Waals surface area contributed by atoms with E-state index in [1.165, 1.54) is 28.9 Å². The Bertz CT molecular complexity index is 2530. The van der Waals surface area contributed by atoms with Crippen molar-refractivity contribution in [2.75, 3.05) is 52.5 Å². The number of fused-ring (bicyclic) bond motifs is 6. The van der Waals surface area contributed by atoms with Gasteiger partial charge in [-0.05, 0) is 140 Å². The molecule has 0 aromatic heterocycles. The fourth-order valence-electron chi connectivity index (χ4n) is 12.2. The molecule has 12 atom stereocenters. The van der Waals surface area contributed by atoms with Gasteiger partial charge < -0.3 is 81.1 Å². The molecule has 488 valence electrons. The summed E-state index contributed by atoms with van der Waals surface area (Å²) in [5.41, 5.74) is -1.99. The van der Waals surface area contributed by atoms with Crippen molar-refractivity contribution in [2.45, 2.75) is 200 Å². The number of carbonyl (C=O) groups is 11. The monoisotopic (exact) mass is 1230 g/mol. The van der Waals surface area contributed by atoms with E-state index in [0.29, 0.717) is 45.3 Å². The number of aliphatic hydroxyl groups is 1. The van der Waals surface area contributed by atoms with Gasteiger partial charge in [0, 0.05) is 46.2 Å². The van der Waals surface area contributed by atoms with Crippen molar-refractivity contribution >= 4 is 65.8 Å². The number of rotatable bonds is 11. The maximum Gasteiger partial charge on any atom is 0.408 e. The zero-order valence-electron chi connectivity index (χ0n) is 52.6. The summed E-state index contributed by atoms with van der Waals surface area (Å²) in [6, 6.07) is -5.66. The molecule has 10 amide bonds. The van der Waals surface area contributed by atoms with Crippen molar-refractivity contribution in [3.8, 4) is 0 Å². The van der Waals surface area contributed by atoms with Gasteiger partial charge in [-0.1, -0.05) is 39.8 Å². The van der Waals surface area contributed by atoms with Gasteiger partial charge >= 0.3 is 30.3 Å². The maximum atomic E-state index is 14.1. The van der Waals surface area contributed by atoms with Crippen LogP contribution in [-0.2, 0) is 57.2 Å². The molecule has 6 fully saturated rings. The highest BCUT2D eigenvalue weighted by Gasteiger charge is 2.71. The first-order chi connectivity index (χ1) is 40.7. The highest BCUT2D eigenvalue weighted by molar-refractivity contribution is 5.95. The Kier molecular flexibility index (Phi) is 24.8. The number of hydrogen-bond acceptors (Lipinski definition) is 17. The van der Waals surface area contributed by atoms with Gasteiger partial charge in [0.15, 0.2) is 12.2 Å². The Morgan fingerprint density at radius 3 is 1.44 bits per heavy atom. The Hall–Kier alpha value is -7.19. The van der Waals surface area contributed by atoms with Crippen molar-refractivity contribution < 1.29 is 81.5 Å². The van der Waals surface area contributed by atoms with E-state index < -0.39 is 125 Å². The van der Waals surface area contributed by atoms with Crippen molar-refractivity contribution in [3.63, 3.8) is 0 Å². The summed E-state index contributed by atoms with van der Waals surface area (Å²) < 4.78 is 26.7. The Balaban J connectivity index is 0.000000318. The Morgan fingerprint density at radius 2 is 1.03 bits per heavy atom. The first-order valence-corrected chi connectivity index (χ1v) is 30.4. The Labute approximate surface area is 510 Å². The molecule has 4 heterocycles. The van der Waals surface area contributed by atoms with Crippen LogP contribution in [0, 0.1) is 34.5 Å². The van der Waals surface area contributed by atoms with Crippen LogP contribution >= 0.6 is 0 Å². The lowest BCUT2D eigenvalue weighted by Crippen LogP contribution is -2.59. The number of nitrogens with one attached hydrogen (secondary N) is 8. The lowest BCUT2D eigenvalue weighted by molar-refractivity contribution is -0.157. The van der Waals surface area contributed by atoms with E-state index in [4.69, 9.17) is 23.7 Å². The minimum atomic E-state index is -1.54. The SMILES string of the molecule is C=CCNC(=O)C(O)[C@@H]1CCCCNC(=O)OCCC[C@H](NC(=O)OC(C)(C)C)C(=O)N2C[C@H]3[C@@H]([C@H]2C(=O)N1)C3(C)C.C=CCNC(=O)C(OC(C)=O)[C@@H]1CCCCNC(=O)OCCC[C@H](NC(=O)OC(C)(C)C)C(=O)N2C[C@H]3[C@@H]([C@H]2C(=O)N1)C3(C)C. The number of esters is 1. The third-order valence-electron chi connectivity index (χ3n) is 16.7. The highest BCUT2D eigenvalue weighted by atomic mass is 16.6. The van der Waals surface area contributed by atoms with Gasteiger partial charge in [0.05, 0.1) is 25.3 Å². The second kappa shape index (κ2) is 30.6. The number of carbonyl (C=O) groups excluding carboxylic acids is 11. The number of aliphatic hydroxyl groups excluding tert-OH is 1. The number of alkyl carbamates (subject to hydrolysis) is 4. The number of piperidine rings is 2. The second-order valence-electron chi connectivity index (χ2n) is 26.3. The molecular weight excluding hydrogens is 1130 g/mol. The molecule has 9 N–H and O–H groups in total. The average molecular weight is 1230 g/mol. The molecule has 6 aliphatic rings. The third kappa shape index (κ3) is 19.9. The quantitative estimate of drug-likeness (QED) is 0.0816. The first-order valence-electron chi connectivity index (χ1n) is 30.4. The number of amides is 10. The summed E-state index contributed by atoms with van der Waals surface area (Å²) in [4.78, 5) is 146. The van der Waals surface area contributed by atoms with Crippen LogP contribution in [0.5, 0.6) is 0 Å². The molecule has 0 radical (unpaired) electrons. The minimum absolute atomic E-state index is 0.0137. The fourth-order valence-corrected chi connectivity index (χ4v) is 12.2. The van der Waals surface area contributed by atoms with Crippen LogP contribution in [-0.4, -0.2) is 193 Å². The predicted molar refractivity (Wildman–Crippen MR) is 316 cm³/mol. The molecule has 87 heavy (non-hydrogen) atoms. The van der Waals surface area contributed by atoms with Crippen LogP contribution in [0.2, 0.25) is 0 Å². The van der Waals surface area contributed by atoms with E-state index in [1.54, 1.807) is 41.5 Å². The summed E-state index contributed by atoms with van der Waals surface area (Å²) in [7, 11) is 0. The van der Waals surface area contributed by atoms with Crippen molar-refractivity contribution in [2.24, 2.45) is 34.5 Å². The van der Waals surface area contributed by atoms with Crippen molar-refractivity contribution in [1.82, 2.24) is 52.3 Å². The van der Waals surface area contributed by atoms with Gasteiger partial charge in [0.1, 0.15) is 35.4 Å². The number of cyclic esters (lactones) is 2. The highest BCUT2D eigenvalue weighted by Crippen LogP contribution is 2.66. The first kappa shape index (κ1) is 70.6. The molecule has 2 saturated carbocycles. The topological polar surface area (TPSA) is 357 Å². The molecule has 6 rings (SSSR count). The van der Waals surface area contributed by atoms with Gasteiger partial charge in [-0.3, -0.25) is 33.6 Å². The molecule has 4 saturated heterocycles. The summed E-state index contributed by atoms with van der Waals surface area (Å²) in [5, 5.41) is 32.4. The van der Waals surface area contributed by atoms with Crippen LogP contribution in [0.4, 0.5) is 19.2 Å². The van der Waals surface area contributed by atoms with Crippen LogP contribution in [0.15, 0.2) is 25.3 Å². The molecule has 2 aliphatic carbocycles. The van der Waals surface area contributed by atoms with E-state index in [9.17, 15) is 57.8 Å². The largest absolute Gasteiger partial charge is 0.450 e. The van der Waals surface area contributed by atoms with E-state index in [0.717, 1.165) is 0 Å². The van der Waals surface area contributed by atoms with E-state index in [-0.39, 0.29) is 106 Å². The molecule has 0 spiro atoms. The van der Waals surface area contributed by atoms with Crippen LogP contribution < -0.4 is 42.5 Å². The maximum absolute atomic E-state index is 14.1. The number of hydrogen-bond donors (Lipinski definition) is 9. The van der Waals surface area contributed by atoms with Gasteiger partial charge in [-0.2, -0.15) is 0 Å². The molecular formula is C60H96N10O17. The van der Waals surface area contributed by atoms with E-state index in [2.05, 4.69) is 55.7 Å². The van der Waals surface area contributed by atoms with Gasteiger partial charge in [-0.25, -0.2) is 19.2 Å². The zero-order chi connectivity index (χ0) is 64.8. The summed E-state index contributed by atoms with van der Waals surface area (Å²) >= 11 is 0. The lowest BCUT2D eigenvalue weighted by Gasteiger charge is -2.35. The van der Waals surface area contributed by atoms with Gasteiger partial charge in [0.2, 0.25) is 23.6 Å². The summed E-state index contributed by atoms with van der Waals surface area (Å²) in [6.45, 7) is 28.3. The lowest BCUT2D eigenvalue weighted by atomic mass is 9.97. The van der Waals surface area contributed by atoms with Crippen LogP contribution in [0.3, 0.4) is 0 Å². The molecule has 2 unspecified atom stereocenters. The summed E-state index contributed by atoms with van der Waals surface area (Å²) in [5.74, 6) is -3.95. The van der Waals surface area contributed by atoms with Crippen molar-refractivity contribution in [3.05, 3.63) is 25.3 Å². The van der Waals surface area contributed by atoms with E-state index in [1.807, 2.05) is 27.7 Å². The molecule has 0 bridgehead atoms. The molecule has 27 nitrogen and oxygen atoms in total. The van der Waals surface area contributed by atoms with Crippen LogP contribution in [0.1, 0.15) is 140 Å². The molecule has 27 heteroatoms. The minimum Gasteiger partial charge on any atom is -0.450 e. The molecule has 0 aromatic rings. The fraction of sp³-hybridized carbons (Fsp3) is 0.750. The van der Waals surface area contributed by atoms with Crippen LogP contribution in [0.25, 0.3) is 0 Å². The van der Waals surface area contributed by atoms with Gasteiger partial charge in [0.25, 0.3) is 11.8 Å². The van der Waals surface area contributed by atoms with Gasteiger partial charge in [-0.15, -0.1) is 13.2 Å². The zero-order valence-corrected chi connectivity index (χ0v) is 52.6. The number of ether oxygens (including phenoxy) is 5. The van der Waals surface area contributed by atoms with E-state index >= 15 is 0 Å². The molecule has 4 aliphatic heterocycles. The number of nitrogens with zero attached hydrogens (tertiary/aromatic N) is 2. The Morgan fingerprint density at radius 1 is 0.632 bits per heavy atom. The average Bonchev–Trinajstić information content (AvgIpc) is 1.54. The standard InChI is InChI=1S/C31H49N5O9.C29H47N5O8/c1-8-14-32-26(39)24(44-18(2)37)20-12-9-10-15-33-28(41)43-16-11-13-21(35-29(42)45-30(3,4)5)27(40)36-17-19-22(31(19,6)7)23(36)25(38)34-20;1-7-13-30-24(37)22(35)18-11-8-9-14-31-26(39)41-15-10-12-19(33-27(40)42-28(2,3)4)25(38)34-16-17-20(29(17,5)6)21(34)23(36)32-18/h8,19-24H,1,9-17H2,2-7H3,(H,32,39)(H,33,41)(H,34,38)(H,35,42);7,17-22,35H,1,8-16H2,2-6H3,(H,30,37)(H,31,39)(H,32,36)(H,33,40)/t19-,20-,21-,22-,23-,24?;17-,18-,19-,20-,21-,22?/m00/s1. The summed E-state index contributed by atoms with van der Waals surface area (Å²) in [6.07, 6.45) is 0.590. The smallest absolute Gasteiger partial charge is 0.408 e. The molecule has 0 aromatic carbocycles. The normalized spacial score (nSPS) is 28.6. The van der Waals surface area contributed by atoms with Crippen molar-refractivity contribution in [1.29, 1.82) is 0 Å².